The molecule has 1 rings (SSSR count). The predicted octanol–water partition coefficient (Wildman–Crippen LogP) is 2.39. The highest BCUT2D eigenvalue weighted by molar-refractivity contribution is 9.10. The van der Waals surface area contributed by atoms with Crippen molar-refractivity contribution < 1.29 is 13.2 Å². The first-order valence-corrected chi connectivity index (χ1v) is 7.90. The average Bonchev–Trinajstić information content (AvgIpc) is 2.30. The minimum Gasteiger partial charge on any atom is -0.321 e. The standard InChI is InChI=1S/C12H15BrN2O3S/c1-3-4-8(2)12(16)15-11-6-5-9(7-10(11)13)19(14,17)18/h4-7H,3H2,1-2H3,(H,15,16)(H2,14,17,18)/b8-4-. The van der Waals surface area contributed by atoms with Gasteiger partial charge in [0.05, 0.1) is 10.6 Å². The molecule has 0 radical (unpaired) electrons. The molecule has 0 aliphatic rings. The molecule has 0 spiro atoms. The zero-order valence-corrected chi connectivity index (χ0v) is 13.0. The summed E-state index contributed by atoms with van der Waals surface area (Å²) in [7, 11) is -3.75. The normalized spacial score (nSPS) is 12.3. The Bertz CT molecular complexity index is 624. The SMILES string of the molecule is CC/C=C(/C)C(=O)Nc1ccc(S(N)(=O)=O)cc1Br. The van der Waals surface area contributed by atoms with E-state index in [4.69, 9.17) is 5.14 Å². The lowest BCUT2D eigenvalue weighted by molar-refractivity contribution is -0.112. The molecule has 1 aromatic carbocycles. The molecular weight excluding hydrogens is 332 g/mol. The Morgan fingerprint density at radius 1 is 1.47 bits per heavy atom. The number of primary sulfonamides is 1. The van der Waals surface area contributed by atoms with Crippen LogP contribution >= 0.6 is 15.9 Å². The van der Waals surface area contributed by atoms with Gasteiger partial charge in [0.1, 0.15) is 0 Å². The molecule has 0 aliphatic carbocycles. The van der Waals surface area contributed by atoms with Gasteiger partial charge < -0.3 is 5.32 Å². The number of hydrogen-bond acceptors (Lipinski definition) is 3. The molecule has 0 atom stereocenters. The van der Waals surface area contributed by atoms with Crippen LogP contribution in [0.15, 0.2) is 39.2 Å². The van der Waals surface area contributed by atoms with Gasteiger partial charge in [-0.15, -0.1) is 0 Å². The summed E-state index contributed by atoms with van der Waals surface area (Å²) < 4.78 is 22.8. The van der Waals surface area contributed by atoms with Crippen LogP contribution in [0.4, 0.5) is 5.69 Å². The zero-order chi connectivity index (χ0) is 14.6. The van der Waals surface area contributed by atoms with Gasteiger partial charge in [-0.25, -0.2) is 13.6 Å². The number of benzene rings is 1. The Labute approximate surface area is 121 Å². The van der Waals surface area contributed by atoms with E-state index in [-0.39, 0.29) is 10.8 Å². The van der Waals surface area contributed by atoms with Crippen LogP contribution in [-0.4, -0.2) is 14.3 Å². The fourth-order valence-corrected chi connectivity index (χ4v) is 2.56. The topological polar surface area (TPSA) is 89.3 Å². The van der Waals surface area contributed by atoms with Gasteiger partial charge in [0.25, 0.3) is 5.91 Å². The Morgan fingerprint density at radius 3 is 2.58 bits per heavy atom. The third-order valence-electron chi connectivity index (χ3n) is 2.39. The van der Waals surface area contributed by atoms with Gasteiger partial charge >= 0.3 is 0 Å². The van der Waals surface area contributed by atoms with Crippen LogP contribution in [0.3, 0.4) is 0 Å². The highest BCUT2D eigenvalue weighted by Crippen LogP contribution is 2.25. The van der Waals surface area contributed by atoms with E-state index in [1.165, 1.54) is 18.2 Å². The minimum atomic E-state index is -3.75. The molecule has 0 heterocycles. The van der Waals surface area contributed by atoms with Crippen LogP contribution in [-0.2, 0) is 14.8 Å². The minimum absolute atomic E-state index is 0.0156. The van der Waals surface area contributed by atoms with E-state index in [0.29, 0.717) is 15.7 Å². The van der Waals surface area contributed by atoms with Crippen LogP contribution in [0.25, 0.3) is 0 Å². The number of anilines is 1. The van der Waals surface area contributed by atoms with E-state index in [9.17, 15) is 13.2 Å². The molecule has 0 aromatic heterocycles. The number of carbonyl (C=O) groups is 1. The predicted molar refractivity (Wildman–Crippen MR) is 78.2 cm³/mol. The molecule has 104 valence electrons. The van der Waals surface area contributed by atoms with E-state index in [1.807, 2.05) is 13.0 Å². The van der Waals surface area contributed by atoms with Crippen molar-refractivity contribution >= 4 is 37.5 Å². The molecule has 1 amide bonds. The number of nitrogens with one attached hydrogen (secondary N) is 1. The number of rotatable bonds is 4. The van der Waals surface area contributed by atoms with Gasteiger partial charge in [-0.2, -0.15) is 0 Å². The van der Waals surface area contributed by atoms with Crippen molar-refractivity contribution in [3.05, 3.63) is 34.3 Å². The molecule has 19 heavy (non-hydrogen) atoms. The summed E-state index contributed by atoms with van der Waals surface area (Å²) in [5, 5.41) is 7.70. The van der Waals surface area contributed by atoms with Crippen LogP contribution in [0.5, 0.6) is 0 Å². The van der Waals surface area contributed by atoms with E-state index < -0.39 is 10.0 Å². The molecule has 0 saturated carbocycles. The second kappa shape index (κ2) is 6.31. The molecule has 1 aromatic rings. The first-order chi connectivity index (χ1) is 8.75. The molecule has 0 aliphatic heterocycles. The first-order valence-electron chi connectivity index (χ1n) is 5.56. The Hall–Kier alpha value is -1.18. The highest BCUT2D eigenvalue weighted by atomic mass is 79.9. The molecule has 5 nitrogen and oxygen atoms in total. The summed E-state index contributed by atoms with van der Waals surface area (Å²) in [4.78, 5) is 11.8. The maximum Gasteiger partial charge on any atom is 0.251 e. The van der Waals surface area contributed by atoms with Gasteiger partial charge in [0.15, 0.2) is 0 Å². The summed E-state index contributed by atoms with van der Waals surface area (Å²) in [6, 6.07) is 4.18. The second-order valence-corrected chi connectivity index (χ2v) is 6.35. The monoisotopic (exact) mass is 346 g/mol. The van der Waals surface area contributed by atoms with E-state index in [2.05, 4.69) is 21.2 Å². The lowest BCUT2D eigenvalue weighted by atomic mass is 10.2. The van der Waals surface area contributed by atoms with Crippen molar-refractivity contribution in [3.63, 3.8) is 0 Å². The van der Waals surface area contributed by atoms with Gasteiger partial charge in [-0.3, -0.25) is 4.79 Å². The van der Waals surface area contributed by atoms with Gasteiger partial charge in [0, 0.05) is 10.0 Å². The van der Waals surface area contributed by atoms with Gasteiger partial charge in [-0.1, -0.05) is 13.0 Å². The van der Waals surface area contributed by atoms with Crippen LogP contribution in [0, 0.1) is 0 Å². The lowest BCUT2D eigenvalue weighted by Gasteiger charge is -2.09. The van der Waals surface area contributed by atoms with Gasteiger partial charge in [0.2, 0.25) is 10.0 Å². The highest BCUT2D eigenvalue weighted by Gasteiger charge is 2.12. The van der Waals surface area contributed by atoms with Crippen molar-refractivity contribution in [2.75, 3.05) is 5.32 Å². The quantitative estimate of drug-likeness (QED) is 0.820. The number of nitrogens with two attached hydrogens (primary N) is 1. The van der Waals surface area contributed by atoms with Crippen molar-refractivity contribution in [1.82, 2.24) is 0 Å². The smallest absolute Gasteiger partial charge is 0.251 e. The van der Waals surface area contributed by atoms with Crippen LogP contribution in [0.1, 0.15) is 20.3 Å². The molecule has 0 unspecified atom stereocenters. The number of halogens is 1. The van der Waals surface area contributed by atoms with Crippen molar-refractivity contribution in [2.24, 2.45) is 5.14 Å². The van der Waals surface area contributed by atoms with Crippen molar-refractivity contribution in [2.45, 2.75) is 25.2 Å². The maximum absolute atomic E-state index is 11.8. The molecule has 0 saturated heterocycles. The Balaban J connectivity index is 2.99. The fourth-order valence-electron chi connectivity index (χ4n) is 1.39. The van der Waals surface area contributed by atoms with Crippen LogP contribution in [0.2, 0.25) is 0 Å². The number of sulfonamides is 1. The lowest BCUT2D eigenvalue weighted by Crippen LogP contribution is -2.15. The Kier molecular flexibility index (Phi) is 5.28. The van der Waals surface area contributed by atoms with Crippen LogP contribution < -0.4 is 10.5 Å². The van der Waals surface area contributed by atoms with E-state index in [1.54, 1.807) is 6.92 Å². The largest absolute Gasteiger partial charge is 0.321 e. The number of carbonyl (C=O) groups excluding carboxylic acids is 1. The third kappa shape index (κ3) is 4.45. The Morgan fingerprint density at radius 2 is 2.11 bits per heavy atom. The summed E-state index contributed by atoms with van der Waals surface area (Å²) in [5.74, 6) is -0.231. The van der Waals surface area contributed by atoms with Gasteiger partial charge in [-0.05, 0) is 47.5 Å². The fraction of sp³-hybridized carbons (Fsp3) is 0.250. The molecule has 0 fully saturated rings. The number of allylic oxidation sites excluding steroid dienone is 1. The number of hydrogen-bond donors (Lipinski definition) is 2. The summed E-state index contributed by atoms with van der Waals surface area (Å²) in [6.45, 7) is 3.65. The average molecular weight is 347 g/mol. The first kappa shape index (κ1) is 15.9. The summed E-state index contributed by atoms with van der Waals surface area (Å²) >= 11 is 3.20. The van der Waals surface area contributed by atoms with E-state index in [0.717, 1.165) is 6.42 Å². The van der Waals surface area contributed by atoms with E-state index >= 15 is 0 Å². The molecule has 7 heteroatoms. The van der Waals surface area contributed by atoms with Crippen molar-refractivity contribution in [1.29, 1.82) is 0 Å². The summed E-state index contributed by atoms with van der Waals surface area (Å²) in [5.41, 5.74) is 1.09. The zero-order valence-electron chi connectivity index (χ0n) is 10.6. The maximum atomic E-state index is 11.8. The summed E-state index contributed by atoms with van der Waals surface area (Å²) in [6.07, 6.45) is 2.58. The molecule has 0 bridgehead atoms. The number of amides is 1. The van der Waals surface area contributed by atoms with Crippen molar-refractivity contribution in [3.8, 4) is 0 Å². The molecule has 3 N–H and O–H groups in total. The second-order valence-electron chi connectivity index (χ2n) is 3.94. The molecular formula is C12H15BrN2O3S. The third-order valence-corrected chi connectivity index (χ3v) is 3.95.